The number of hydrogen-bond acceptors (Lipinski definition) is 9. The number of aromatic amines is 1. The Balaban J connectivity index is 0.000000216. The van der Waals surface area contributed by atoms with Crippen LogP contribution in [0.3, 0.4) is 0 Å². The Bertz CT molecular complexity index is 2570. The van der Waals surface area contributed by atoms with E-state index < -0.39 is 0 Å². The van der Waals surface area contributed by atoms with Crippen molar-refractivity contribution in [1.82, 2.24) is 37.4 Å². The fourth-order valence-corrected chi connectivity index (χ4v) is 7.71. The van der Waals surface area contributed by atoms with Crippen LogP contribution < -0.4 is 22.5 Å². The molecule has 4 aromatic heterocycles. The Kier molecular flexibility index (Phi) is 16.7. The topological polar surface area (TPSA) is 145 Å². The molecule has 2 aromatic carbocycles. The fourth-order valence-electron chi connectivity index (χ4n) is 5.49. The number of H-pyrrole nitrogens is 1. The first-order valence-electron chi connectivity index (χ1n) is 17.1. The summed E-state index contributed by atoms with van der Waals surface area (Å²) in [5, 5.41) is 1.64. The molecular formula is C36H43Br3N8O6S2. The molecule has 0 radical (unpaired) electrons. The minimum Gasteiger partial charge on any atom is -0.381 e. The van der Waals surface area contributed by atoms with Gasteiger partial charge in [-0.2, -0.15) is 0 Å². The lowest BCUT2D eigenvalue weighted by Crippen LogP contribution is -2.37. The van der Waals surface area contributed by atoms with E-state index in [0.717, 1.165) is 47.8 Å². The van der Waals surface area contributed by atoms with Gasteiger partial charge in [-0.1, -0.05) is 83.8 Å². The summed E-state index contributed by atoms with van der Waals surface area (Å²) in [6.45, 7) is 7.78. The number of alkyl halides is 1. The van der Waals surface area contributed by atoms with Crippen LogP contribution in [0.2, 0.25) is 0 Å². The highest BCUT2D eigenvalue weighted by atomic mass is 79.9. The zero-order chi connectivity index (χ0) is 40.4. The van der Waals surface area contributed by atoms with Crippen LogP contribution in [0.1, 0.15) is 25.0 Å². The number of thioether (sulfide) groups is 1. The summed E-state index contributed by atoms with van der Waals surface area (Å²) in [6, 6.07) is 15.7. The molecule has 0 fully saturated rings. The second kappa shape index (κ2) is 20.7. The lowest BCUT2D eigenvalue weighted by molar-refractivity contribution is 0.164. The summed E-state index contributed by atoms with van der Waals surface area (Å²) in [4.78, 5) is 57.1. The van der Waals surface area contributed by atoms with Crippen molar-refractivity contribution in [3.63, 3.8) is 0 Å². The number of nitrogens with one attached hydrogen (secondary N) is 1. The van der Waals surface area contributed by atoms with Crippen LogP contribution in [0.25, 0.3) is 22.3 Å². The molecule has 0 saturated carbocycles. The molecule has 19 heteroatoms. The molecule has 0 atom stereocenters. The molecule has 0 saturated heterocycles. The summed E-state index contributed by atoms with van der Waals surface area (Å²) in [7, 11) is 6.19. The van der Waals surface area contributed by atoms with Crippen molar-refractivity contribution in [2.75, 3.05) is 37.5 Å². The van der Waals surface area contributed by atoms with E-state index in [9.17, 15) is 19.2 Å². The maximum atomic E-state index is 12.8. The number of aromatic nitrogens is 8. The molecule has 0 unspecified atom stereocenters. The van der Waals surface area contributed by atoms with E-state index in [1.54, 1.807) is 18.7 Å². The third kappa shape index (κ3) is 10.7. The molecule has 0 aliphatic rings. The molecule has 6 rings (SSSR count). The number of fused-ring (bicyclic) bond motifs is 2. The Morgan fingerprint density at radius 1 is 0.745 bits per heavy atom. The molecule has 0 spiro atoms. The van der Waals surface area contributed by atoms with Gasteiger partial charge in [-0.05, 0) is 61.5 Å². The lowest BCUT2D eigenvalue weighted by atomic mass is 10.2. The second-order valence-corrected chi connectivity index (χ2v) is 16.0. The predicted molar refractivity (Wildman–Crippen MR) is 232 cm³/mol. The van der Waals surface area contributed by atoms with Gasteiger partial charge in [-0.25, -0.2) is 14.6 Å². The predicted octanol–water partition coefficient (Wildman–Crippen LogP) is 5.70. The van der Waals surface area contributed by atoms with Crippen molar-refractivity contribution < 1.29 is 9.47 Å². The summed E-state index contributed by atoms with van der Waals surface area (Å²) < 4.78 is 21.3. The summed E-state index contributed by atoms with van der Waals surface area (Å²) in [5.74, 6) is 0.712. The number of benzene rings is 2. The standard InChI is InChI=1S/C18H21BrN4O3S.C14H13BrN4O2S.C4H9BrO/c1-4-26-8-9-27-17-20-15-14(16(24)22(3)18(25)21(15)2)23(17)11-12-6-5-7-13(19)10-12;1-17-11-10(12(20)18(2)14(17)21)19(13(22)16-11)7-8-4-3-5-9(15)6-8;1-2-6-4-3-5/h5-7,10H,4,8-9,11H2,1-3H3;3-6H,7H2,1-2H3,(H,16,22);2-4H2,1H3. The van der Waals surface area contributed by atoms with Crippen molar-refractivity contribution in [3.05, 3.63) is 115 Å². The van der Waals surface area contributed by atoms with E-state index in [0.29, 0.717) is 64.3 Å². The van der Waals surface area contributed by atoms with Crippen LogP contribution in [0.15, 0.2) is 81.8 Å². The quantitative estimate of drug-likeness (QED) is 0.0708. The van der Waals surface area contributed by atoms with Crippen LogP contribution in [0.4, 0.5) is 0 Å². The summed E-state index contributed by atoms with van der Waals surface area (Å²) >= 11 is 17.0. The minimum atomic E-state index is -0.386. The van der Waals surface area contributed by atoms with E-state index in [-0.39, 0.29) is 22.5 Å². The number of rotatable bonds is 12. The van der Waals surface area contributed by atoms with Crippen LogP contribution in [-0.2, 0) is 50.8 Å². The normalized spacial score (nSPS) is 11.1. The summed E-state index contributed by atoms with van der Waals surface area (Å²) in [5.41, 5.74) is 2.23. The largest absolute Gasteiger partial charge is 0.381 e. The molecule has 0 aliphatic heterocycles. The lowest BCUT2D eigenvalue weighted by Gasteiger charge is -2.10. The minimum absolute atomic E-state index is 0.341. The first-order chi connectivity index (χ1) is 26.2. The van der Waals surface area contributed by atoms with Gasteiger partial charge in [0.05, 0.1) is 26.3 Å². The molecular weight excluding hydrogens is 944 g/mol. The SMILES string of the molecule is CCOCCBr.CCOCCSc1nc2c(c(=O)n(C)c(=O)n2C)n1Cc1cccc(Br)c1.Cn1c(=O)c2c([nH]c(=S)n2Cc2cccc(Br)c2)n(C)c1=O. The third-order valence-electron chi connectivity index (χ3n) is 8.24. The van der Waals surface area contributed by atoms with Crippen LogP contribution >= 0.6 is 71.8 Å². The number of halogens is 3. The van der Waals surface area contributed by atoms with Crippen molar-refractivity contribution >= 4 is 94.1 Å². The van der Waals surface area contributed by atoms with E-state index in [2.05, 4.69) is 57.8 Å². The van der Waals surface area contributed by atoms with Gasteiger partial charge in [0, 0.05) is 61.4 Å². The van der Waals surface area contributed by atoms with Gasteiger partial charge in [0.1, 0.15) is 5.65 Å². The molecule has 4 heterocycles. The van der Waals surface area contributed by atoms with Gasteiger partial charge in [-0.3, -0.25) is 27.9 Å². The fraction of sp³-hybridized carbons (Fsp3) is 0.389. The molecule has 1 N–H and O–H groups in total. The van der Waals surface area contributed by atoms with E-state index >= 15 is 0 Å². The third-order valence-corrected chi connectivity index (χ3v) is 10.8. The molecule has 296 valence electrons. The van der Waals surface area contributed by atoms with Crippen molar-refractivity contribution in [2.45, 2.75) is 32.1 Å². The molecule has 55 heavy (non-hydrogen) atoms. The highest BCUT2D eigenvalue weighted by Crippen LogP contribution is 2.24. The van der Waals surface area contributed by atoms with Gasteiger partial charge in [0.2, 0.25) is 0 Å². The van der Waals surface area contributed by atoms with Crippen LogP contribution in [0, 0.1) is 4.77 Å². The van der Waals surface area contributed by atoms with Gasteiger partial charge in [0.25, 0.3) is 11.1 Å². The first-order valence-corrected chi connectivity index (χ1v) is 21.2. The average Bonchev–Trinajstić information content (AvgIpc) is 3.69. The Morgan fingerprint density at radius 2 is 1.27 bits per heavy atom. The number of aryl methyl sites for hydroxylation is 2. The number of nitrogens with zero attached hydrogens (tertiary/aromatic N) is 7. The van der Waals surface area contributed by atoms with Crippen molar-refractivity contribution in [2.24, 2.45) is 28.2 Å². The van der Waals surface area contributed by atoms with Crippen LogP contribution in [-0.4, -0.2) is 74.9 Å². The van der Waals surface area contributed by atoms with E-state index in [1.165, 1.54) is 35.0 Å². The monoisotopic (exact) mass is 984 g/mol. The van der Waals surface area contributed by atoms with E-state index in [1.807, 2.05) is 66.9 Å². The summed E-state index contributed by atoms with van der Waals surface area (Å²) in [6.07, 6.45) is 0. The highest BCUT2D eigenvalue weighted by molar-refractivity contribution is 9.10. The maximum absolute atomic E-state index is 12.8. The Labute approximate surface area is 351 Å². The zero-order valence-electron chi connectivity index (χ0n) is 31.3. The molecule has 0 amide bonds. The molecule has 6 aromatic rings. The zero-order valence-corrected chi connectivity index (χ0v) is 37.7. The maximum Gasteiger partial charge on any atom is 0.332 e. The van der Waals surface area contributed by atoms with Gasteiger partial charge >= 0.3 is 11.4 Å². The number of imidazole rings is 2. The number of ether oxygens (including phenoxy) is 2. The average molecular weight is 988 g/mol. The first kappa shape index (κ1) is 44.4. The Morgan fingerprint density at radius 3 is 1.80 bits per heavy atom. The van der Waals surface area contributed by atoms with Gasteiger partial charge in [0.15, 0.2) is 26.6 Å². The van der Waals surface area contributed by atoms with Crippen molar-refractivity contribution in [3.8, 4) is 0 Å². The second-order valence-electron chi connectivity index (χ2n) is 12.0. The van der Waals surface area contributed by atoms with E-state index in [4.69, 9.17) is 21.7 Å². The molecule has 0 bridgehead atoms. The van der Waals surface area contributed by atoms with Gasteiger partial charge < -0.3 is 23.6 Å². The van der Waals surface area contributed by atoms with Gasteiger partial charge in [-0.15, -0.1) is 0 Å². The van der Waals surface area contributed by atoms with Crippen LogP contribution in [0.5, 0.6) is 0 Å². The smallest absolute Gasteiger partial charge is 0.332 e. The van der Waals surface area contributed by atoms with Crippen molar-refractivity contribution in [1.29, 1.82) is 0 Å². The number of hydrogen-bond donors (Lipinski definition) is 1. The highest BCUT2D eigenvalue weighted by Gasteiger charge is 2.20. The molecule has 0 aliphatic carbocycles. The molecule has 14 nitrogen and oxygen atoms in total. The Hall–Kier alpha value is -3.33.